The third-order valence-electron chi connectivity index (χ3n) is 4.43. The highest BCUT2D eigenvalue weighted by atomic mass is 32.2. The van der Waals surface area contributed by atoms with Crippen molar-refractivity contribution in [1.82, 2.24) is 5.32 Å². The van der Waals surface area contributed by atoms with E-state index in [0.29, 0.717) is 21.6 Å². The molecular formula is C24H19FN2O3S. The molecule has 0 atom stereocenters. The molecule has 7 heteroatoms. The second kappa shape index (κ2) is 9.49. The van der Waals surface area contributed by atoms with E-state index < -0.39 is 0 Å². The minimum Gasteiger partial charge on any atom is -0.493 e. The maximum atomic E-state index is 13.0. The Morgan fingerprint density at radius 1 is 1.03 bits per heavy atom. The zero-order valence-corrected chi connectivity index (χ0v) is 17.5. The summed E-state index contributed by atoms with van der Waals surface area (Å²) >= 11 is 1.28. The van der Waals surface area contributed by atoms with E-state index >= 15 is 0 Å². The average molecular weight is 434 g/mol. The van der Waals surface area contributed by atoms with Crippen LogP contribution in [0, 0.1) is 5.82 Å². The maximum Gasteiger partial charge on any atom is 0.264 e. The summed E-state index contributed by atoms with van der Waals surface area (Å²) in [5.74, 6) is 0.613. The molecule has 1 aliphatic rings. The van der Waals surface area contributed by atoms with Crippen LogP contribution in [0.15, 0.2) is 82.7 Å². The Labute approximate surface area is 183 Å². The van der Waals surface area contributed by atoms with Gasteiger partial charge in [-0.1, -0.05) is 36.4 Å². The SMILES string of the molecule is COc1cc(/C=C2/SC(=Nc3ccccc3)NC2=O)ccc1OCc1ccc(F)cc1. The van der Waals surface area contributed by atoms with Crippen molar-refractivity contribution in [3.63, 3.8) is 0 Å². The van der Waals surface area contributed by atoms with Crippen molar-refractivity contribution in [1.29, 1.82) is 0 Å². The van der Waals surface area contributed by atoms with Gasteiger partial charge < -0.3 is 14.8 Å². The standard InChI is InChI=1S/C24H19FN2O3S/c1-29-21-13-17(9-12-20(21)30-15-16-7-10-18(25)11-8-16)14-22-23(28)27-24(31-22)26-19-5-3-2-4-6-19/h2-14H,15H2,1H3,(H,26,27,28)/b22-14+. The number of benzene rings is 3. The quantitative estimate of drug-likeness (QED) is 0.535. The first kappa shape index (κ1) is 20.7. The first-order valence-electron chi connectivity index (χ1n) is 9.50. The Balaban J connectivity index is 1.48. The number of hydrogen-bond donors (Lipinski definition) is 1. The predicted molar refractivity (Wildman–Crippen MR) is 121 cm³/mol. The molecule has 0 aliphatic carbocycles. The molecule has 0 unspecified atom stereocenters. The van der Waals surface area contributed by atoms with Gasteiger partial charge in [0, 0.05) is 0 Å². The van der Waals surface area contributed by atoms with Gasteiger partial charge in [-0.2, -0.15) is 0 Å². The van der Waals surface area contributed by atoms with Crippen molar-refractivity contribution >= 4 is 34.6 Å². The Kier molecular flexibility index (Phi) is 6.33. The summed E-state index contributed by atoms with van der Waals surface area (Å²) < 4.78 is 24.3. The molecule has 1 amide bonds. The molecule has 0 bridgehead atoms. The summed E-state index contributed by atoms with van der Waals surface area (Å²) in [6.07, 6.45) is 1.78. The van der Waals surface area contributed by atoms with Crippen LogP contribution >= 0.6 is 11.8 Å². The van der Waals surface area contributed by atoms with Crippen LogP contribution in [0.4, 0.5) is 10.1 Å². The fourth-order valence-electron chi connectivity index (χ4n) is 2.89. The Bertz CT molecular complexity index is 1150. The third-order valence-corrected chi connectivity index (χ3v) is 5.34. The first-order chi connectivity index (χ1) is 15.1. The maximum absolute atomic E-state index is 13.0. The minimum atomic E-state index is -0.287. The van der Waals surface area contributed by atoms with Crippen LogP contribution in [0.3, 0.4) is 0 Å². The molecule has 3 aromatic rings. The van der Waals surface area contributed by atoms with E-state index in [0.717, 1.165) is 16.8 Å². The lowest BCUT2D eigenvalue weighted by atomic mass is 10.2. The Hall–Kier alpha value is -3.58. The first-order valence-corrected chi connectivity index (χ1v) is 10.3. The summed E-state index contributed by atoms with van der Waals surface area (Å²) in [6.45, 7) is 0.286. The van der Waals surface area contributed by atoms with Gasteiger partial charge in [-0.3, -0.25) is 4.79 Å². The number of nitrogens with zero attached hydrogens (tertiary/aromatic N) is 1. The number of carbonyl (C=O) groups excluding carboxylic acids is 1. The fraction of sp³-hybridized carbons (Fsp3) is 0.0833. The smallest absolute Gasteiger partial charge is 0.264 e. The van der Waals surface area contributed by atoms with Crippen LogP contribution in [0.1, 0.15) is 11.1 Å². The van der Waals surface area contributed by atoms with E-state index in [1.54, 1.807) is 37.5 Å². The van der Waals surface area contributed by atoms with Gasteiger partial charge in [0.1, 0.15) is 12.4 Å². The van der Waals surface area contributed by atoms with Gasteiger partial charge in [-0.15, -0.1) is 0 Å². The summed E-state index contributed by atoms with van der Waals surface area (Å²) in [6, 6.07) is 21.0. The molecule has 0 radical (unpaired) electrons. The van der Waals surface area contributed by atoms with E-state index in [9.17, 15) is 9.18 Å². The van der Waals surface area contributed by atoms with Crippen molar-refractivity contribution in [3.05, 3.63) is 94.6 Å². The zero-order chi connectivity index (χ0) is 21.6. The van der Waals surface area contributed by atoms with E-state index in [-0.39, 0.29) is 18.3 Å². The number of amides is 1. The summed E-state index contributed by atoms with van der Waals surface area (Å²) in [5.41, 5.74) is 2.42. The zero-order valence-electron chi connectivity index (χ0n) is 16.7. The third kappa shape index (κ3) is 5.32. The highest BCUT2D eigenvalue weighted by Crippen LogP contribution is 2.32. The minimum absolute atomic E-state index is 0.199. The van der Waals surface area contributed by atoms with Gasteiger partial charge in [0.25, 0.3) is 5.91 Å². The molecular weight excluding hydrogens is 415 g/mol. The van der Waals surface area contributed by atoms with Gasteiger partial charge in [0.15, 0.2) is 16.7 Å². The monoisotopic (exact) mass is 434 g/mol. The fourth-order valence-corrected chi connectivity index (χ4v) is 3.73. The van der Waals surface area contributed by atoms with Crippen LogP contribution in [-0.2, 0) is 11.4 Å². The van der Waals surface area contributed by atoms with Gasteiger partial charge in [0.05, 0.1) is 17.7 Å². The van der Waals surface area contributed by atoms with E-state index in [1.165, 1.54) is 23.9 Å². The number of carbonyl (C=O) groups is 1. The van der Waals surface area contributed by atoms with Crippen LogP contribution in [0.2, 0.25) is 0 Å². The van der Waals surface area contributed by atoms with E-state index in [1.807, 2.05) is 36.4 Å². The molecule has 31 heavy (non-hydrogen) atoms. The lowest BCUT2D eigenvalue weighted by Gasteiger charge is -2.11. The molecule has 1 aliphatic heterocycles. The van der Waals surface area contributed by atoms with Gasteiger partial charge in [-0.05, 0) is 65.4 Å². The molecule has 156 valence electrons. The molecule has 0 saturated carbocycles. The molecule has 3 aromatic carbocycles. The number of methoxy groups -OCH3 is 1. The number of para-hydroxylation sites is 1. The number of amidine groups is 1. The predicted octanol–water partition coefficient (Wildman–Crippen LogP) is 5.30. The molecule has 0 spiro atoms. The van der Waals surface area contributed by atoms with Crippen LogP contribution in [-0.4, -0.2) is 18.2 Å². The van der Waals surface area contributed by atoms with Crippen molar-refractivity contribution in [2.24, 2.45) is 4.99 Å². The second-order valence-corrected chi connectivity index (χ2v) is 7.67. The highest BCUT2D eigenvalue weighted by molar-refractivity contribution is 8.18. The molecule has 4 rings (SSSR count). The van der Waals surface area contributed by atoms with Crippen LogP contribution < -0.4 is 14.8 Å². The van der Waals surface area contributed by atoms with Crippen LogP contribution in [0.5, 0.6) is 11.5 Å². The van der Waals surface area contributed by atoms with Crippen molar-refractivity contribution in [3.8, 4) is 11.5 Å². The van der Waals surface area contributed by atoms with Crippen LogP contribution in [0.25, 0.3) is 6.08 Å². The second-order valence-electron chi connectivity index (χ2n) is 6.64. The van der Waals surface area contributed by atoms with E-state index in [4.69, 9.17) is 9.47 Å². The van der Waals surface area contributed by atoms with Crippen molar-refractivity contribution in [2.75, 3.05) is 7.11 Å². The molecule has 1 heterocycles. The van der Waals surface area contributed by atoms with Gasteiger partial charge >= 0.3 is 0 Å². The number of hydrogen-bond acceptors (Lipinski definition) is 5. The van der Waals surface area contributed by atoms with Crippen molar-refractivity contribution in [2.45, 2.75) is 6.61 Å². The Morgan fingerprint density at radius 3 is 2.55 bits per heavy atom. The summed E-state index contributed by atoms with van der Waals surface area (Å²) in [4.78, 5) is 17.3. The number of halogens is 1. The van der Waals surface area contributed by atoms with Gasteiger partial charge in [-0.25, -0.2) is 9.38 Å². The normalized spacial score (nSPS) is 15.9. The lowest BCUT2D eigenvalue weighted by Crippen LogP contribution is -2.19. The molecule has 1 fully saturated rings. The summed E-state index contributed by atoms with van der Waals surface area (Å²) in [5, 5.41) is 3.31. The molecule has 1 N–H and O–H groups in total. The number of thioether (sulfide) groups is 1. The van der Waals surface area contributed by atoms with Crippen molar-refractivity contribution < 1.29 is 18.7 Å². The molecule has 1 saturated heterocycles. The molecule has 5 nitrogen and oxygen atoms in total. The molecule has 0 aromatic heterocycles. The lowest BCUT2D eigenvalue weighted by molar-refractivity contribution is -0.115. The number of ether oxygens (including phenoxy) is 2. The van der Waals surface area contributed by atoms with Gasteiger partial charge in [0.2, 0.25) is 0 Å². The largest absolute Gasteiger partial charge is 0.493 e. The topological polar surface area (TPSA) is 59.9 Å². The highest BCUT2D eigenvalue weighted by Gasteiger charge is 2.24. The number of aliphatic imine (C=N–C) groups is 1. The number of rotatable bonds is 6. The summed E-state index contributed by atoms with van der Waals surface area (Å²) in [7, 11) is 1.55. The average Bonchev–Trinajstić information content (AvgIpc) is 3.13. The Morgan fingerprint density at radius 2 is 1.81 bits per heavy atom. The van der Waals surface area contributed by atoms with E-state index in [2.05, 4.69) is 10.3 Å². The number of nitrogens with one attached hydrogen (secondary N) is 1.